The number of ether oxygens (including phenoxy) is 3. The highest BCUT2D eigenvalue weighted by molar-refractivity contribution is 7.90. The van der Waals surface area contributed by atoms with Crippen LogP contribution in [0.4, 0.5) is 5.69 Å². The number of amides is 1. The molecule has 6 atom stereocenters. The van der Waals surface area contributed by atoms with E-state index in [-0.39, 0.29) is 28.7 Å². The summed E-state index contributed by atoms with van der Waals surface area (Å²) in [5.74, 6) is -0.305. The first-order valence-corrected chi connectivity index (χ1v) is 21.4. The fourth-order valence-electron chi connectivity index (χ4n) is 10.2. The van der Waals surface area contributed by atoms with Gasteiger partial charge in [-0.2, -0.15) is 0 Å². The second kappa shape index (κ2) is 14.0. The van der Waals surface area contributed by atoms with Crippen molar-refractivity contribution in [3.05, 3.63) is 58.1 Å². The number of rotatable bonds is 2. The molecule has 0 radical (unpaired) electrons. The van der Waals surface area contributed by atoms with Gasteiger partial charge in [0, 0.05) is 61.6 Å². The molecule has 2 bridgehead atoms. The summed E-state index contributed by atoms with van der Waals surface area (Å²) in [5.41, 5.74) is 2.37. The summed E-state index contributed by atoms with van der Waals surface area (Å²) in [4.78, 5) is 18.4. The molecule has 12 heteroatoms. The highest BCUT2D eigenvalue weighted by Crippen LogP contribution is 2.49. The number of aryl methyl sites for hydroxylation is 1. The van der Waals surface area contributed by atoms with Gasteiger partial charge in [-0.15, -0.1) is 0 Å². The van der Waals surface area contributed by atoms with Gasteiger partial charge in [-0.05, 0) is 111 Å². The van der Waals surface area contributed by atoms with Crippen molar-refractivity contribution in [1.82, 2.24) is 9.62 Å². The second-order valence-corrected chi connectivity index (χ2v) is 19.2. The molecule has 0 unspecified atom stereocenters. The Kier molecular flexibility index (Phi) is 9.86. The molecule has 3 fully saturated rings. The summed E-state index contributed by atoms with van der Waals surface area (Å²) in [5, 5.41) is 12.8. The maximum Gasteiger partial charge on any atom is 0.264 e. The molecule has 10 nitrogen and oxygen atoms in total. The van der Waals surface area contributed by atoms with Gasteiger partial charge in [0.05, 0.1) is 36.4 Å². The van der Waals surface area contributed by atoms with Crippen LogP contribution in [-0.2, 0) is 31.3 Å². The summed E-state index contributed by atoms with van der Waals surface area (Å²) in [6.45, 7) is 8.93. The van der Waals surface area contributed by atoms with Crippen LogP contribution in [0.1, 0.15) is 93.1 Å². The quantitative estimate of drug-likeness (QED) is 0.400. The van der Waals surface area contributed by atoms with E-state index in [0.29, 0.717) is 64.5 Å². The zero-order valence-electron chi connectivity index (χ0n) is 30.6. The Hall–Kier alpha value is -2.41. The monoisotopic (exact) mass is 755 g/mol. The van der Waals surface area contributed by atoms with Crippen molar-refractivity contribution in [3.8, 4) is 5.75 Å². The number of nitrogens with zero attached hydrogens (tertiary/aromatic N) is 2. The number of carbonyl (C=O) groups is 1. The molecule has 0 aromatic heterocycles. The van der Waals surface area contributed by atoms with Crippen LogP contribution in [0.2, 0.25) is 5.02 Å². The van der Waals surface area contributed by atoms with Gasteiger partial charge in [0.25, 0.3) is 5.91 Å². The first-order valence-electron chi connectivity index (χ1n) is 19.5. The van der Waals surface area contributed by atoms with E-state index < -0.39 is 32.6 Å². The van der Waals surface area contributed by atoms with Gasteiger partial charge in [-0.3, -0.25) is 4.79 Å². The average molecular weight is 756 g/mol. The van der Waals surface area contributed by atoms with Crippen LogP contribution in [0.3, 0.4) is 0 Å². The lowest BCUT2D eigenvalue weighted by atomic mass is 9.62. The summed E-state index contributed by atoms with van der Waals surface area (Å²) in [7, 11) is -3.96. The largest absolute Gasteiger partial charge is 0.490 e. The fourth-order valence-corrected chi connectivity index (χ4v) is 11.7. The molecule has 2 aromatic carbocycles. The standard InChI is InChI=1S/C40H54ClN3O7S/c1-27-5-3-14-39(46,25-43-17-15-40(16-18-43)50-19-20-51-40)34-10-7-31(34)23-44-24-38(13-4-6-29-21-32(41)9-11-33(29)38)26-49-36-12-8-30(22-35(36)44)37(45)42-52(47,48)28(27)2/h8-9,11-12,21-22,27-28,31,34,46H,3-7,10,13-20,23-26H2,1-2H3,(H,42,45)/t27-,28+,31-,34+,38-,39+/m0/s1. The summed E-state index contributed by atoms with van der Waals surface area (Å²) < 4.78 is 48.2. The predicted octanol–water partition coefficient (Wildman–Crippen LogP) is 5.68. The molecule has 52 heavy (non-hydrogen) atoms. The Bertz CT molecular complexity index is 1780. The van der Waals surface area contributed by atoms with E-state index in [0.717, 1.165) is 68.7 Å². The Labute approximate surface area is 313 Å². The van der Waals surface area contributed by atoms with Crippen molar-refractivity contribution in [1.29, 1.82) is 0 Å². The zero-order chi connectivity index (χ0) is 36.3. The number of hydrogen-bond donors (Lipinski definition) is 2. The molecule has 2 aliphatic carbocycles. The van der Waals surface area contributed by atoms with Crippen LogP contribution in [0.5, 0.6) is 5.75 Å². The molecule has 1 saturated carbocycles. The van der Waals surface area contributed by atoms with Crippen LogP contribution >= 0.6 is 11.6 Å². The van der Waals surface area contributed by atoms with Crippen LogP contribution in [0.15, 0.2) is 36.4 Å². The van der Waals surface area contributed by atoms with E-state index in [1.165, 1.54) is 11.1 Å². The molecule has 2 aromatic rings. The number of β-amino-alcohol motifs (C(OH)–C–C–N with tert-alkyl or cyclic N) is 1. The molecule has 2 N–H and O–H groups in total. The third-order valence-electron chi connectivity index (χ3n) is 13.6. The van der Waals surface area contributed by atoms with Gasteiger partial charge in [-0.25, -0.2) is 13.1 Å². The third kappa shape index (κ3) is 6.87. The summed E-state index contributed by atoms with van der Waals surface area (Å²) >= 11 is 6.48. The van der Waals surface area contributed by atoms with Crippen LogP contribution < -0.4 is 14.4 Å². The van der Waals surface area contributed by atoms with Gasteiger partial charge >= 0.3 is 0 Å². The van der Waals surface area contributed by atoms with E-state index >= 15 is 0 Å². The number of hydrogen-bond acceptors (Lipinski definition) is 9. The number of likely N-dealkylation sites (tertiary alicyclic amines) is 1. The normalized spacial score (nSPS) is 34.8. The van der Waals surface area contributed by atoms with Crippen LogP contribution in [0, 0.1) is 17.8 Å². The van der Waals surface area contributed by atoms with Crippen molar-refractivity contribution < 1.29 is 32.5 Å². The molecule has 4 aliphatic heterocycles. The van der Waals surface area contributed by atoms with Gasteiger partial charge in [0.2, 0.25) is 10.0 Å². The number of nitrogens with one attached hydrogen (secondary N) is 1. The van der Waals surface area contributed by atoms with Crippen LogP contribution in [0.25, 0.3) is 0 Å². The molecular weight excluding hydrogens is 702 g/mol. The maximum atomic E-state index is 13.6. The number of piperidine rings is 1. The molecular formula is C40H54ClN3O7S. The van der Waals surface area contributed by atoms with E-state index in [4.69, 9.17) is 25.8 Å². The highest BCUT2D eigenvalue weighted by atomic mass is 35.5. The fraction of sp³-hybridized carbons (Fsp3) is 0.675. The second-order valence-electron chi connectivity index (χ2n) is 16.8. The molecule has 2 spiro atoms. The Morgan fingerprint density at radius 3 is 2.52 bits per heavy atom. The number of carbonyl (C=O) groups excluding carboxylic acids is 1. The Morgan fingerprint density at radius 1 is 0.981 bits per heavy atom. The number of fused-ring (bicyclic) bond motifs is 4. The molecule has 4 heterocycles. The number of anilines is 1. The van der Waals surface area contributed by atoms with Crippen molar-refractivity contribution in [2.75, 3.05) is 57.4 Å². The molecule has 6 aliphatic rings. The van der Waals surface area contributed by atoms with Crippen molar-refractivity contribution in [3.63, 3.8) is 0 Å². The molecule has 2 saturated heterocycles. The number of aliphatic hydroxyl groups is 1. The van der Waals surface area contributed by atoms with Crippen LogP contribution in [-0.4, -0.2) is 93.5 Å². The number of sulfonamides is 1. The van der Waals surface area contributed by atoms with E-state index in [1.807, 2.05) is 19.1 Å². The lowest BCUT2D eigenvalue weighted by molar-refractivity contribution is -0.192. The first-order chi connectivity index (χ1) is 24.9. The molecule has 284 valence electrons. The Morgan fingerprint density at radius 2 is 1.77 bits per heavy atom. The highest BCUT2D eigenvalue weighted by Gasteiger charge is 2.50. The van der Waals surface area contributed by atoms with Crippen molar-refractivity contribution in [2.45, 2.75) is 100 Å². The minimum absolute atomic E-state index is 0.0826. The van der Waals surface area contributed by atoms with Crippen molar-refractivity contribution in [2.24, 2.45) is 17.8 Å². The topological polar surface area (TPSA) is 118 Å². The lowest BCUT2D eigenvalue weighted by Gasteiger charge is -2.52. The number of halogens is 1. The Balaban J connectivity index is 1.15. The average Bonchev–Trinajstić information content (AvgIpc) is 3.50. The lowest BCUT2D eigenvalue weighted by Crippen LogP contribution is -2.58. The predicted molar refractivity (Wildman–Crippen MR) is 201 cm³/mol. The van der Waals surface area contributed by atoms with Gasteiger partial charge in [0.1, 0.15) is 5.75 Å². The molecule has 8 rings (SSSR count). The smallest absolute Gasteiger partial charge is 0.264 e. The minimum Gasteiger partial charge on any atom is -0.490 e. The SMILES string of the molecule is C[C@@H]1[C@@H](C)CCC[C@@](O)(CN2CCC3(CC2)OCCO3)[C@@H]2CC[C@H]2CN2C[C@@]3(CCCc4cc(Cl)ccc43)COc3ccc(cc32)C(=O)NS1(=O)=O. The zero-order valence-corrected chi connectivity index (χ0v) is 32.2. The first kappa shape index (κ1) is 36.6. The molecule has 1 amide bonds. The maximum absolute atomic E-state index is 13.6. The van der Waals surface area contributed by atoms with E-state index in [1.54, 1.807) is 19.1 Å². The summed E-state index contributed by atoms with van der Waals surface area (Å²) in [6, 6.07) is 11.5. The number of benzene rings is 2. The van der Waals surface area contributed by atoms with Crippen molar-refractivity contribution >= 4 is 33.2 Å². The van der Waals surface area contributed by atoms with E-state index in [9.17, 15) is 18.3 Å². The van der Waals surface area contributed by atoms with E-state index in [2.05, 4.69) is 26.7 Å². The summed E-state index contributed by atoms with van der Waals surface area (Å²) in [6.07, 6.45) is 8.39. The van der Waals surface area contributed by atoms with Gasteiger partial charge < -0.3 is 29.1 Å². The van der Waals surface area contributed by atoms with Gasteiger partial charge in [0.15, 0.2) is 5.79 Å². The van der Waals surface area contributed by atoms with Gasteiger partial charge in [-0.1, -0.05) is 31.0 Å². The minimum atomic E-state index is -3.96. The third-order valence-corrected chi connectivity index (χ3v) is 15.7.